The molecule has 2 fully saturated rings. The van der Waals surface area contributed by atoms with Crippen molar-refractivity contribution < 1.29 is 26.3 Å². The van der Waals surface area contributed by atoms with Crippen LogP contribution in [0.1, 0.15) is 24.8 Å². The summed E-state index contributed by atoms with van der Waals surface area (Å²) in [7, 11) is 0. The van der Waals surface area contributed by atoms with Crippen molar-refractivity contribution in [1.82, 2.24) is 4.90 Å². The number of halogens is 6. The van der Waals surface area contributed by atoms with Gasteiger partial charge in [-0.25, -0.2) is 0 Å². The summed E-state index contributed by atoms with van der Waals surface area (Å²) in [5.74, 6) is -1.37. The van der Waals surface area contributed by atoms with Crippen molar-refractivity contribution in [2.45, 2.75) is 47.4 Å². The van der Waals surface area contributed by atoms with Gasteiger partial charge in [0.25, 0.3) is 0 Å². The summed E-state index contributed by atoms with van der Waals surface area (Å²) in [6.07, 6.45) is -7.12. The average Bonchev–Trinajstić information content (AvgIpc) is 3.34. The van der Waals surface area contributed by atoms with Crippen LogP contribution in [0.25, 0.3) is 0 Å². The molecule has 3 aliphatic heterocycles. The Morgan fingerprint density at radius 2 is 1.73 bits per heavy atom. The van der Waals surface area contributed by atoms with Crippen LogP contribution in [0.15, 0.2) is 40.1 Å². The van der Waals surface area contributed by atoms with E-state index in [2.05, 4.69) is 15.5 Å². The topological polar surface area (TPSA) is 56.6 Å². The van der Waals surface area contributed by atoms with Crippen LogP contribution in [0, 0.1) is 5.92 Å². The van der Waals surface area contributed by atoms with Gasteiger partial charge in [-0.2, -0.15) is 26.3 Å². The van der Waals surface area contributed by atoms with E-state index in [4.69, 9.17) is 5.73 Å². The number of benzene rings is 2. The van der Waals surface area contributed by atoms with Crippen LogP contribution in [-0.4, -0.2) is 56.4 Å². The molecule has 37 heavy (non-hydrogen) atoms. The Balaban J connectivity index is 1.38. The molecule has 3 heterocycles. The predicted octanol–water partition coefficient (Wildman–Crippen LogP) is 6.14. The lowest BCUT2D eigenvalue weighted by Crippen LogP contribution is -2.41. The lowest BCUT2D eigenvalue weighted by molar-refractivity contribution is -0.168. The normalized spacial score (nSPS) is 20.9. The summed E-state index contributed by atoms with van der Waals surface area (Å²) < 4.78 is 80.7. The highest BCUT2D eigenvalue weighted by molar-refractivity contribution is 7.99. The minimum Gasteiger partial charge on any atom is -0.380 e. The molecule has 2 aromatic carbocycles. The van der Waals surface area contributed by atoms with Gasteiger partial charge in [-0.15, -0.1) is 0 Å². The third-order valence-electron chi connectivity index (χ3n) is 7.28. The number of hydrogen-bond donors (Lipinski definition) is 3. The third kappa shape index (κ3) is 5.75. The Hall–Kier alpha value is -2.31. The Morgan fingerprint density at radius 1 is 0.973 bits per heavy atom. The lowest BCUT2D eigenvalue weighted by Gasteiger charge is -2.34. The largest absolute Gasteiger partial charge is 0.416 e. The van der Waals surface area contributed by atoms with Crippen molar-refractivity contribution in [2.75, 3.05) is 54.8 Å². The van der Waals surface area contributed by atoms with Crippen LogP contribution >= 0.6 is 11.8 Å². The standard InChI is InChI=1S/C25H29F6N5S/c26-24(27,28)15-3-9-36(14-15)18-1-2-19-21(13-18)37-22-12-16(25(29,30)31)11-20(23(22)34-19)33-17-4-7-35(8-5-17)10-6-32/h1-2,11-13,15,17,33-34H,3-10,14,32H2. The molecule has 0 aliphatic carbocycles. The zero-order valence-corrected chi connectivity index (χ0v) is 20.9. The second kappa shape index (κ2) is 10.1. The van der Waals surface area contributed by atoms with E-state index in [1.807, 2.05) is 0 Å². The number of fused-ring (bicyclic) bond motifs is 2. The molecule has 202 valence electrons. The molecule has 3 aliphatic rings. The van der Waals surface area contributed by atoms with Crippen LogP contribution < -0.4 is 21.3 Å². The van der Waals surface area contributed by atoms with E-state index in [0.717, 1.165) is 44.6 Å². The molecule has 0 aromatic heterocycles. The van der Waals surface area contributed by atoms with E-state index in [1.165, 1.54) is 11.8 Å². The fourth-order valence-corrected chi connectivity index (χ4v) is 6.31. The number of rotatable bonds is 5. The van der Waals surface area contributed by atoms with Crippen molar-refractivity contribution in [3.05, 3.63) is 35.9 Å². The monoisotopic (exact) mass is 545 g/mol. The van der Waals surface area contributed by atoms with Gasteiger partial charge in [0.15, 0.2) is 0 Å². The number of alkyl halides is 6. The molecule has 0 spiro atoms. The minimum atomic E-state index is -4.51. The third-order valence-corrected chi connectivity index (χ3v) is 8.38. The molecular weight excluding hydrogens is 516 g/mol. The number of nitrogens with two attached hydrogens (primary N) is 1. The van der Waals surface area contributed by atoms with Gasteiger partial charge in [0.2, 0.25) is 0 Å². The van der Waals surface area contributed by atoms with Crippen LogP contribution in [0.4, 0.5) is 49.1 Å². The van der Waals surface area contributed by atoms with Crippen LogP contribution in [0.2, 0.25) is 0 Å². The van der Waals surface area contributed by atoms with Crippen molar-refractivity contribution in [2.24, 2.45) is 11.7 Å². The number of piperidine rings is 1. The highest BCUT2D eigenvalue weighted by Gasteiger charge is 2.43. The first-order valence-electron chi connectivity index (χ1n) is 12.4. The second-order valence-corrected chi connectivity index (χ2v) is 10.9. The summed E-state index contributed by atoms with van der Waals surface area (Å²) in [5.41, 5.74) is 7.23. The van der Waals surface area contributed by atoms with E-state index in [1.54, 1.807) is 23.1 Å². The van der Waals surface area contributed by atoms with Gasteiger partial charge in [0, 0.05) is 60.8 Å². The second-order valence-electron chi connectivity index (χ2n) is 9.82. The summed E-state index contributed by atoms with van der Waals surface area (Å²) in [4.78, 5) is 5.04. The van der Waals surface area contributed by atoms with E-state index in [-0.39, 0.29) is 25.6 Å². The summed E-state index contributed by atoms with van der Waals surface area (Å²) in [6, 6.07) is 7.63. The molecule has 0 bridgehead atoms. The minimum absolute atomic E-state index is 0.0317. The summed E-state index contributed by atoms with van der Waals surface area (Å²) >= 11 is 1.20. The molecule has 5 rings (SSSR count). The first-order valence-corrected chi connectivity index (χ1v) is 13.2. The first-order chi connectivity index (χ1) is 17.5. The van der Waals surface area contributed by atoms with Gasteiger partial charge in [0.1, 0.15) is 0 Å². The van der Waals surface area contributed by atoms with Gasteiger partial charge in [-0.3, -0.25) is 0 Å². The average molecular weight is 546 g/mol. The smallest absolute Gasteiger partial charge is 0.380 e. The molecule has 4 N–H and O–H groups in total. The van der Waals surface area contributed by atoms with E-state index in [0.29, 0.717) is 39.1 Å². The maximum Gasteiger partial charge on any atom is 0.416 e. The van der Waals surface area contributed by atoms with E-state index in [9.17, 15) is 26.3 Å². The van der Waals surface area contributed by atoms with Crippen LogP contribution in [0.3, 0.4) is 0 Å². The van der Waals surface area contributed by atoms with E-state index < -0.39 is 23.8 Å². The Kier molecular flexibility index (Phi) is 7.18. The highest BCUT2D eigenvalue weighted by Crippen LogP contribution is 2.51. The van der Waals surface area contributed by atoms with Crippen molar-refractivity contribution in [3.8, 4) is 0 Å². The fourth-order valence-electron chi connectivity index (χ4n) is 5.22. The molecule has 2 saturated heterocycles. The Bertz CT molecular complexity index is 1130. The molecule has 0 saturated carbocycles. The predicted molar refractivity (Wildman–Crippen MR) is 134 cm³/mol. The maximum atomic E-state index is 13.8. The van der Waals surface area contributed by atoms with Crippen molar-refractivity contribution >= 4 is 34.5 Å². The summed E-state index contributed by atoms with van der Waals surface area (Å²) in [5, 5.41) is 6.62. The molecule has 0 radical (unpaired) electrons. The van der Waals surface area contributed by atoms with Gasteiger partial charge in [-0.05, 0) is 49.6 Å². The molecule has 2 aromatic rings. The van der Waals surface area contributed by atoms with E-state index >= 15 is 0 Å². The number of likely N-dealkylation sites (tertiary alicyclic amines) is 1. The van der Waals surface area contributed by atoms with Crippen LogP contribution in [-0.2, 0) is 6.18 Å². The molecule has 5 nitrogen and oxygen atoms in total. The SMILES string of the molecule is NCCN1CCC(Nc2cc(C(F)(F)F)cc3c2Nc2ccc(N4CCC(C(F)(F)F)C4)cc2S3)CC1. The van der Waals surface area contributed by atoms with Crippen molar-refractivity contribution in [1.29, 1.82) is 0 Å². The number of hydrogen-bond acceptors (Lipinski definition) is 6. The first kappa shape index (κ1) is 26.3. The number of nitrogens with zero attached hydrogens (tertiary/aromatic N) is 2. The Labute approximate surface area is 215 Å². The Morgan fingerprint density at radius 3 is 2.38 bits per heavy atom. The summed E-state index contributed by atoms with van der Waals surface area (Å²) in [6.45, 7) is 3.20. The van der Waals surface area contributed by atoms with Crippen LogP contribution in [0.5, 0.6) is 0 Å². The fraction of sp³-hybridized carbons (Fsp3) is 0.520. The molecule has 12 heteroatoms. The van der Waals surface area contributed by atoms with Gasteiger partial charge >= 0.3 is 12.4 Å². The molecular formula is C25H29F6N5S. The zero-order chi connectivity index (χ0) is 26.4. The molecule has 1 atom stereocenters. The molecule has 1 unspecified atom stereocenters. The van der Waals surface area contributed by atoms with Gasteiger partial charge in [-0.1, -0.05) is 11.8 Å². The van der Waals surface area contributed by atoms with Crippen molar-refractivity contribution in [3.63, 3.8) is 0 Å². The number of anilines is 4. The number of nitrogens with one attached hydrogen (secondary N) is 2. The van der Waals surface area contributed by atoms with Gasteiger partial charge < -0.3 is 26.2 Å². The lowest BCUT2D eigenvalue weighted by atomic mass is 10.0. The maximum absolute atomic E-state index is 13.8. The van der Waals surface area contributed by atoms with Gasteiger partial charge in [0.05, 0.1) is 28.5 Å². The molecule has 0 amide bonds. The quantitative estimate of drug-likeness (QED) is 0.335. The zero-order valence-electron chi connectivity index (χ0n) is 20.1. The highest BCUT2D eigenvalue weighted by atomic mass is 32.2.